The zero-order chi connectivity index (χ0) is 74.7. The number of aliphatic carboxylic acids is 2. The number of fused-ring (bicyclic) bond motifs is 4. The van der Waals surface area contributed by atoms with Crippen molar-refractivity contribution in [1.29, 1.82) is 0 Å². The number of carbonyl (C=O) groups is 5. The number of aromatic nitrogens is 5. The van der Waals surface area contributed by atoms with Crippen LogP contribution in [0, 0.1) is 36.3 Å². The molecule has 0 unspecified atom stereocenters. The molecule has 0 saturated heterocycles. The Hall–Kier alpha value is -8.16. The highest BCUT2D eigenvalue weighted by Gasteiger charge is 2.68. The Morgan fingerprint density at radius 2 is 1.46 bits per heavy atom. The highest BCUT2D eigenvalue weighted by atomic mass is 35.5. The molecule has 542 valence electrons. The van der Waals surface area contributed by atoms with Crippen molar-refractivity contribution in [3.8, 4) is 28.7 Å². The minimum atomic E-state index is -5.28. The fraction of sp³-hybridized carbons (Fsp3) is 0.460. The fourth-order valence-electron chi connectivity index (χ4n) is 11.7. The molecular formula is C63H66ClF10N8O15PS2. The van der Waals surface area contributed by atoms with Crippen LogP contribution in [-0.4, -0.2) is 117 Å². The highest BCUT2D eigenvalue weighted by Crippen LogP contribution is 2.68. The Labute approximate surface area is 570 Å². The zero-order valence-electron chi connectivity index (χ0n) is 54.7. The summed E-state index contributed by atoms with van der Waals surface area (Å²) in [5, 5.41) is 30.0. The van der Waals surface area contributed by atoms with Gasteiger partial charge in [0.05, 0.1) is 53.0 Å². The number of benzene rings is 3. The van der Waals surface area contributed by atoms with E-state index in [1.54, 1.807) is 0 Å². The summed E-state index contributed by atoms with van der Waals surface area (Å²) in [6.45, 7) is 9.21. The van der Waals surface area contributed by atoms with Crippen molar-refractivity contribution >= 4 is 79.8 Å². The first-order valence-electron chi connectivity index (χ1n) is 30.2. The second-order valence-electron chi connectivity index (χ2n) is 25.9. The molecule has 23 nitrogen and oxygen atoms in total. The number of amides is 3. The Morgan fingerprint density at radius 3 is 2.03 bits per heavy atom. The van der Waals surface area contributed by atoms with Gasteiger partial charge >= 0.3 is 32.1 Å². The molecule has 8 rings (SSSR count). The predicted molar refractivity (Wildman–Crippen MR) is 339 cm³/mol. The number of hydrogen-bond acceptors (Lipinski definition) is 16. The van der Waals surface area contributed by atoms with Gasteiger partial charge in [0.15, 0.2) is 15.5 Å². The van der Waals surface area contributed by atoms with Gasteiger partial charge in [-0.25, -0.2) is 40.0 Å². The maximum Gasteiger partial charge on any atom is 0.530 e. The lowest BCUT2D eigenvalue weighted by molar-refractivity contribution is -0.147. The molecule has 2 aliphatic rings. The van der Waals surface area contributed by atoms with Crippen molar-refractivity contribution in [3.63, 3.8) is 0 Å². The quantitative estimate of drug-likeness (QED) is 0.0182. The number of carboxylic acids is 2. The van der Waals surface area contributed by atoms with Gasteiger partial charge in [0.1, 0.15) is 58.4 Å². The van der Waals surface area contributed by atoms with Gasteiger partial charge < -0.3 is 25.4 Å². The van der Waals surface area contributed by atoms with Crippen molar-refractivity contribution in [2.24, 2.45) is 5.92 Å². The molecule has 3 aromatic heterocycles. The number of phosphoric acid groups is 1. The van der Waals surface area contributed by atoms with E-state index in [2.05, 4.69) is 37.7 Å². The largest absolute Gasteiger partial charge is 0.530 e. The smallest absolute Gasteiger partial charge is 0.481 e. The average Bonchev–Trinajstić information content (AvgIpc) is 1.52. The van der Waals surface area contributed by atoms with E-state index in [0.717, 1.165) is 42.7 Å². The van der Waals surface area contributed by atoms with E-state index < -0.39 is 228 Å². The van der Waals surface area contributed by atoms with Crippen molar-refractivity contribution in [2.75, 3.05) is 6.26 Å². The number of pyridine rings is 1. The van der Waals surface area contributed by atoms with E-state index in [1.165, 1.54) is 74.4 Å². The second-order valence-corrected chi connectivity index (χ2v) is 32.1. The summed E-state index contributed by atoms with van der Waals surface area (Å²) >= 11 is 6.78. The summed E-state index contributed by atoms with van der Waals surface area (Å²) in [4.78, 5) is 70.4. The van der Waals surface area contributed by atoms with Crippen molar-refractivity contribution < 1.29 is 113 Å². The van der Waals surface area contributed by atoms with E-state index >= 15 is 17.6 Å². The lowest BCUT2D eigenvalue weighted by Crippen LogP contribution is -2.43. The van der Waals surface area contributed by atoms with E-state index in [-0.39, 0.29) is 49.5 Å². The Morgan fingerprint density at radius 1 is 0.840 bits per heavy atom. The van der Waals surface area contributed by atoms with Crippen molar-refractivity contribution in [1.82, 2.24) is 39.9 Å². The molecule has 3 aromatic carbocycles. The number of nitrogens with one attached hydrogen (secondary N) is 3. The number of carboxylic acid groups (broad SMARTS) is 2. The molecule has 0 aliphatic heterocycles. The van der Waals surface area contributed by atoms with Crippen LogP contribution in [0.15, 0.2) is 54.6 Å². The minimum Gasteiger partial charge on any atom is -0.481 e. The van der Waals surface area contributed by atoms with Crippen LogP contribution < -0.4 is 19.9 Å². The van der Waals surface area contributed by atoms with Gasteiger partial charge in [0.2, 0.25) is 27.7 Å². The summed E-state index contributed by atoms with van der Waals surface area (Å²) in [6, 6.07) is 5.29. The predicted octanol–water partition coefficient (Wildman–Crippen LogP) is 10.8. The first-order valence-corrected chi connectivity index (χ1v) is 35.6. The third-order valence-electron chi connectivity index (χ3n) is 15.9. The van der Waals surface area contributed by atoms with Crippen LogP contribution in [0.1, 0.15) is 143 Å². The van der Waals surface area contributed by atoms with Crippen LogP contribution in [0.3, 0.4) is 0 Å². The molecule has 37 heteroatoms. The molecule has 0 radical (unpaired) electrons. The Bertz CT molecular complexity index is 4610. The van der Waals surface area contributed by atoms with Crippen LogP contribution in [0.4, 0.5) is 43.9 Å². The molecule has 4 atom stereocenters. The molecule has 5 N–H and O–H groups in total. The SMILES string of the molecule is Cc1cc(CC(=O)N[C@@H](CC(=O)O)C(=O)O)c(C(C)(C)CC(=O)NS(=O)(=O)Cc2nn(CC(F)(F)F)c3c(-c4ccc(C#CC(C)(C)S(C)(=O)=O)nc4[C@H](Cc4cc(F)cc(F)c4)NC(=O)Cn4nc(C(F)(F)F)c5c4C(F)(F)[C@@H]4C[C@H]54)ccc(Cl)c23)c(OP(=O)(OC(C)C)OC(C)C)c1. The normalized spacial score (nSPS) is 16.1. The van der Waals surface area contributed by atoms with Crippen LogP contribution in [0.2, 0.25) is 5.02 Å². The Kier molecular flexibility index (Phi) is 22.0. The lowest BCUT2D eigenvalue weighted by atomic mass is 9.77. The molecule has 0 bridgehead atoms. The maximum atomic E-state index is 15.8. The van der Waals surface area contributed by atoms with Gasteiger partial charge in [0.25, 0.3) is 5.92 Å². The molecule has 100 heavy (non-hydrogen) atoms. The number of rotatable bonds is 27. The Balaban J connectivity index is 1.24. The summed E-state index contributed by atoms with van der Waals surface area (Å²) < 4.78 is 236. The molecular weight excluding hydrogens is 1430 g/mol. The molecule has 3 amide bonds. The van der Waals surface area contributed by atoms with Gasteiger partial charge in [-0.3, -0.25) is 42.3 Å². The minimum absolute atomic E-state index is 0.0581. The van der Waals surface area contributed by atoms with Crippen molar-refractivity contribution in [3.05, 3.63) is 128 Å². The molecule has 1 fully saturated rings. The number of phosphoric ester groups is 1. The van der Waals surface area contributed by atoms with Crippen LogP contribution in [0.25, 0.3) is 22.0 Å². The monoisotopic (exact) mass is 1490 g/mol. The number of alkyl halides is 8. The van der Waals surface area contributed by atoms with Gasteiger partial charge in [-0.15, -0.1) is 0 Å². The van der Waals surface area contributed by atoms with E-state index in [9.17, 15) is 81.9 Å². The summed E-state index contributed by atoms with van der Waals surface area (Å²) in [7, 11) is -13.8. The molecule has 2 aliphatic carbocycles. The fourth-order valence-corrected chi connectivity index (χ4v) is 14.8. The average molecular weight is 1500 g/mol. The first kappa shape index (κ1) is 77.6. The van der Waals surface area contributed by atoms with Gasteiger partial charge in [0, 0.05) is 57.7 Å². The summed E-state index contributed by atoms with van der Waals surface area (Å²) in [5.74, 6) is -12.9. The van der Waals surface area contributed by atoms with Gasteiger partial charge in [-0.1, -0.05) is 43.5 Å². The van der Waals surface area contributed by atoms with Gasteiger partial charge in [-0.05, 0) is 126 Å². The lowest BCUT2D eigenvalue weighted by Gasteiger charge is -2.31. The van der Waals surface area contributed by atoms with Crippen LogP contribution >= 0.6 is 19.4 Å². The van der Waals surface area contributed by atoms with E-state index in [4.69, 9.17) is 25.2 Å². The number of nitrogens with zero attached hydrogens (tertiary/aromatic N) is 5. The highest BCUT2D eigenvalue weighted by molar-refractivity contribution is 7.92. The number of sulfonamides is 1. The number of halogens is 11. The molecule has 0 spiro atoms. The van der Waals surface area contributed by atoms with Gasteiger partial charge in [-0.2, -0.15) is 45.3 Å². The summed E-state index contributed by atoms with van der Waals surface area (Å²) in [6.07, 6.45) is -15.1. The maximum absolute atomic E-state index is 15.8. The van der Waals surface area contributed by atoms with E-state index in [1.807, 2.05) is 4.72 Å². The second kappa shape index (κ2) is 28.3. The number of aryl methyl sites for hydroxylation is 1. The third kappa shape index (κ3) is 18.1. The first-order chi connectivity index (χ1) is 45.9. The van der Waals surface area contributed by atoms with Crippen molar-refractivity contribution in [2.45, 2.75) is 172 Å². The number of hydrogen-bond donors (Lipinski definition) is 5. The van der Waals surface area contributed by atoms with E-state index in [0.29, 0.717) is 11.6 Å². The van der Waals surface area contributed by atoms with Crippen LogP contribution in [-0.2, 0) is 107 Å². The molecule has 3 heterocycles. The third-order valence-corrected chi connectivity index (χ3v) is 21.1. The molecule has 6 aromatic rings. The molecule has 1 saturated carbocycles. The summed E-state index contributed by atoms with van der Waals surface area (Å²) in [5.41, 5.74) is -8.65. The van der Waals surface area contributed by atoms with Crippen LogP contribution in [0.5, 0.6) is 5.75 Å². The topological polar surface area (TPSA) is 323 Å². The number of carbonyl (C=O) groups excluding carboxylic acids is 3. The standard InChI is InChI=1S/C63H66ClF10N8O15PS2/c1-30(2)95-98(90,96-31(3)4)97-46-18-32(5)17-34(22-47(83)77-44(58(88)89)25-50(86)87)53(46)59(6,7)26-48(84)80-100(93,94)28-45-52-42(64)14-13-39(55(52)82(78-45)29-61(67,68)69)38-12-11-37(15-16-60(8,9)99(10,91)92)75-54(38)43(21-33-19-35(65)23-36(66)20-33)76-49(85)27-81-57-51(56(79-81)63(72,73)74)40-24-41(40)62(57,70)71/h11-14,17-20,23,30-31,40-41,43-44H,21-22,24-29H2,1-10H3,(H,76,85)(H,77,83)(H,80,84)(H,86,87)(H,88,89)/t40-,41+,43-,44-/m0/s1. The zero-order valence-corrected chi connectivity index (χ0v) is 58.0. The number of sulfone groups is 1.